The molecule has 0 spiro atoms. The molecule has 1 aliphatic carbocycles. The highest BCUT2D eigenvalue weighted by Gasteiger charge is 2.36. The molecule has 3 aliphatic rings. The van der Waals surface area contributed by atoms with Gasteiger partial charge < -0.3 is 19.2 Å². The van der Waals surface area contributed by atoms with Gasteiger partial charge in [-0.25, -0.2) is 4.79 Å². The average molecular weight is 433 g/mol. The van der Waals surface area contributed by atoms with Crippen LogP contribution < -0.4 is 9.47 Å². The van der Waals surface area contributed by atoms with Crippen molar-refractivity contribution in [2.45, 2.75) is 44.6 Å². The normalized spacial score (nSPS) is 20.4. The number of aromatic nitrogens is 1. The molecule has 0 radical (unpaired) electrons. The van der Waals surface area contributed by atoms with Crippen molar-refractivity contribution in [1.29, 1.82) is 0 Å². The van der Waals surface area contributed by atoms with Gasteiger partial charge in [-0.1, -0.05) is 43.5 Å². The summed E-state index contributed by atoms with van der Waals surface area (Å²) in [6.07, 6.45) is 6.66. The molecule has 2 aliphatic heterocycles. The third-order valence-corrected chi connectivity index (χ3v) is 7.15. The van der Waals surface area contributed by atoms with Gasteiger partial charge in [0.25, 0.3) is 0 Å². The number of aromatic amines is 1. The molecule has 0 bridgehead atoms. The van der Waals surface area contributed by atoms with Crippen molar-refractivity contribution in [1.82, 2.24) is 9.88 Å². The third kappa shape index (κ3) is 3.38. The van der Waals surface area contributed by atoms with Crippen molar-refractivity contribution in [3.05, 3.63) is 59.3 Å². The van der Waals surface area contributed by atoms with Crippen molar-refractivity contribution in [2.75, 3.05) is 19.9 Å². The molecule has 32 heavy (non-hydrogen) atoms. The fourth-order valence-electron chi connectivity index (χ4n) is 5.49. The molecule has 1 unspecified atom stereocenters. The number of hydrogen-bond donors (Lipinski definition) is 1. The number of fused-ring (bicyclic) bond motifs is 4. The minimum atomic E-state index is -0.250. The molecule has 0 saturated heterocycles. The van der Waals surface area contributed by atoms with Crippen molar-refractivity contribution >= 4 is 17.0 Å². The Morgan fingerprint density at radius 1 is 1.06 bits per heavy atom. The summed E-state index contributed by atoms with van der Waals surface area (Å²) in [5.41, 5.74) is 4.43. The molecule has 1 N–H and O–H groups in total. The molecule has 1 fully saturated rings. The summed E-state index contributed by atoms with van der Waals surface area (Å²) in [6, 6.07) is 14.1. The van der Waals surface area contributed by atoms with E-state index in [0.717, 1.165) is 47.5 Å². The number of carbonyl (C=O) groups excluding carboxylic acids is 1. The van der Waals surface area contributed by atoms with Crippen LogP contribution in [-0.2, 0) is 11.2 Å². The van der Waals surface area contributed by atoms with Crippen LogP contribution in [0.2, 0.25) is 0 Å². The van der Waals surface area contributed by atoms with Gasteiger partial charge in [-0.2, -0.15) is 0 Å². The summed E-state index contributed by atoms with van der Waals surface area (Å²) in [4.78, 5) is 18.8. The first kappa shape index (κ1) is 19.5. The van der Waals surface area contributed by atoms with E-state index in [-0.39, 0.29) is 18.9 Å². The Morgan fingerprint density at radius 3 is 2.81 bits per heavy atom. The van der Waals surface area contributed by atoms with Crippen LogP contribution in [0.1, 0.15) is 55.0 Å². The van der Waals surface area contributed by atoms with Gasteiger partial charge in [-0.15, -0.1) is 0 Å². The molecule has 3 heterocycles. The number of amides is 1. The van der Waals surface area contributed by atoms with E-state index in [4.69, 9.17) is 14.2 Å². The van der Waals surface area contributed by atoms with Crippen LogP contribution in [0.15, 0.2) is 42.5 Å². The minimum absolute atomic E-state index is 0.230. The van der Waals surface area contributed by atoms with E-state index in [1.54, 1.807) is 0 Å². The lowest BCUT2D eigenvalue weighted by atomic mass is 9.90. The van der Waals surface area contributed by atoms with Gasteiger partial charge in [0.2, 0.25) is 6.79 Å². The zero-order valence-corrected chi connectivity index (χ0v) is 18.1. The maximum Gasteiger partial charge on any atom is 0.410 e. The highest BCUT2D eigenvalue weighted by Crippen LogP contribution is 2.42. The lowest BCUT2D eigenvalue weighted by Crippen LogP contribution is -2.41. The van der Waals surface area contributed by atoms with Gasteiger partial charge in [0.05, 0.1) is 6.61 Å². The van der Waals surface area contributed by atoms with Gasteiger partial charge in [0, 0.05) is 23.1 Å². The Balaban J connectivity index is 1.35. The maximum absolute atomic E-state index is 13.3. The quantitative estimate of drug-likeness (QED) is 0.588. The average Bonchev–Trinajstić information content (AvgIpc) is 3.46. The minimum Gasteiger partial charge on any atom is -0.454 e. The van der Waals surface area contributed by atoms with E-state index in [2.05, 4.69) is 23.2 Å². The summed E-state index contributed by atoms with van der Waals surface area (Å²) < 4.78 is 17.0. The molecule has 3 aromatic rings. The Labute approximate surface area is 187 Å². The second kappa shape index (κ2) is 8.08. The van der Waals surface area contributed by atoms with Crippen LogP contribution in [0, 0.1) is 5.92 Å². The van der Waals surface area contributed by atoms with E-state index in [0.29, 0.717) is 19.1 Å². The van der Waals surface area contributed by atoms with Crippen LogP contribution in [-0.4, -0.2) is 35.9 Å². The van der Waals surface area contributed by atoms with Crippen LogP contribution in [0.5, 0.6) is 11.5 Å². The molecule has 6 nitrogen and oxygen atoms in total. The second-order valence-corrected chi connectivity index (χ2v) is 9.10. The van der Waals surface area contributed by atoms with Crippen molar-refractivity contribution in [2.24, 2.45) is 5.92 Å². The van der Waals surface area contributed by atoms with Gasteiger partial charge >= 0.3 is 6.09 Å². The first-order chi connectivity index (χ1) is 15.8. The summed E-state index contributed by atoms with van der Waals surface area (Å²) in [5, 5.41) is 1.23. The standard InChI is InChI=1S/C26H28N2O4/c29-26(30-15-17-6-2-1-3-7-17)28-13-12-20-19-8-4-5-9-21(19)27-24(20)25(28)18-10-11-22-23(14-18)32-16-31-22/h4-5,8-11,14,17,25,27H,1-3,6-7,12-13,15-16H2. The van der Waals surface area contributed by atoms with Gasteiger partial charge in [-0.3, -0.25) is 4.90 Å². The Bertz CT molecular complexity index is 1150. The predicted molar refractivity (Wildman–Crippen MR) is 121 cm³/mol. The summed E-state index contributed by atoms with van der Waals surface area (Å²) in [6.45, 7) is 1.37. The molecule has 2 aromatic carbocycles. The molecule has 6 heteroatoms. The predicted octanol–water partition coefficient (Wildman–Crippen LogP) is 5.56. The monoisotopic (exact) mass is 432 g/mol. The molecular weight excluding hydrogens is 404 g/mol. The van der Waals surface area contributed by atoms with E-state index in [1.165, 1.54) is 30.2 Å². The highest BCUT2D eigenvalue weighted by molar-refractivity contribution is 5.86. The smallest absolute Gasteiger partial charge is 0.410 e. The Kier molecular flexibility index (Phi) is 4.93. The van der Waals surface area contributed by atoms with Crippen LogP contribution in [0.25, 0.3) is 10.9 Å². The lowest BCUT2D eigenvalue weighted by Gasteiger charge is -2.36. The first-order valence-electron chi connectivity index (χ1n) is 11.7. The topological polar surface area (TPSA) is 63.8 Å². The third-order valence-electron chi connectivity index (χ3n) is 7.15. The molecule has 1 aromatic heterocycles. The first-order valence-corrected chi connectivity index (χ1v) is 11.7. The van der Waals surface area contributed by atoms with Crippen LogP contribution in [0.4, 0.5) is 4.79 Å². The van der Waals surface area contributed by atoms with E-state index in [9.17, 15) is 4.79 Å². The number of ether oxygens (including phenoxy) is 3. The number of benzene rings is 2. The maximum atomic E-state index is 13.3. The number of H-pyrrole nitrogens is 1. The number of rotatable bonds is 3. The SMILES string of the molecule is O=C(OCC1CCCCC1)N1CCc2c([nH]c3ccccc23)C1c1ccc2c(c1)OCO2. The fourth-order valence-corrected chi connectivity index (χ4v) is 5.49. The molecule has 166 valence electrons. The van der Waals surface area contributed by atoms with Crippen molar-refractivity contribution in [3.8, 4) is 11.5 Å². The summed E-state index contributed by atoms with van der Waals surface area (Å²) in [5.74, 6) is 1.96. The van der Waals surface area contributed by atoms with Crippen molar-refractivity contribution in [3.63, 3.8) is 0 Å². The highest BCUT2D eigenvalue weighted by atomic mass is 16.7. The summed E-state index contributed by atoms with van der Waals surface area (Å²) >= 11 is 0. The van der Waals surface area contributed by atoms with Crippen LogP contribution in [0.3, 0.4) is 0 Å². The van der Waals surface area contributed by atoms with Crippen molar-refractivity contribution < 1.29 is 19.0 Å². The number of nitrogens with one attached hydrogen (secondary N) is 1. The lowest BCUT2D eigenvalue weighted by molar-refractivity contribution is 0.0695. The molecule has 1 saturated carbocycles. The second-order valence-electron chi connectivity index (χ2n) is 9.10. The van der Waals surface area contributed by atoms with E-state index < -0.39 is 0 Å². The number of carbonyl (C=O) groups is 1. The summed E-state index contributed by atoms with van der Waals surface area (Å²) in [7, 11) is 0. The molecule has 1 amide bonds. The Hall–Kier alpha value is -3.15. The zero-order chi connectivity index (χ0) is 21.5. The van der Waals surface area contributed by atoms with Gasteiger partial charge in [-0.05, 0) is 54.5 Å². The number of hydrogen-bond acceptors (Lipinski definition) is 4. The number of para-hydroxylation sites is 1. The molecule has 1 atom stereocenters. The Morgan fingerprint density at radius 2 is 1.91 bits per heavy atom. The zero-order valence-electron chi connectivity index (χ0n) is 18.1. The number of nitrogens with zero attached hydrogens (tertiary/aromatic N) is 1. The largest absolute Gasteiger partial charge is 0.454 e. The van der Waals surface area contributed by atoms with Gasteiger partial charge in [0.15, 0.2) is 11.5 Å². The van der Waals surface area contributed by atoms with Gasteiger partial charge in [0.1, 0.15) is 6.04 Å². The fraction of sp³-hybridized carbons (Fsp3) is 0.423. The molecular formula is C26H28N2O4. The van der Waals surface area contributed by atoms with E-state index >= 15 is 0 Å². The molecule has 6 rings (SSSR count). The van der Waals surface area contributed by atoms with E-state index in [1.807, 2.05) is 29.2 Å². The van der Waals surface area contributed by atoms with Crippen LogP contribution >= 0.6 is 0 Å².